The molecule has 2 rings (SSSR count). The number of carbonyl (C=O) groups is 1. The second-order valence-corrected chi connectivity index (χ2v) is 6.13. The van der Waals surface area contributed by atoms with E-state index in [1.807, 2.05) is 38.1 Å². The van der Waals surface area contributed by atoms with Crippen LogP contribution in [-0.2, 0) is 17.8 Å². The minimum Gasteiger partial charge on any atom is -0.488 e. The maximum atomic E-state index is 11.6. The second kappa shape index (κ2) is 8.17. The molecule has 5 nitrogen and oxygen atoms in total. The molecule has 0 unspecified atom stereocenters. The molecule has 1 amide bonds. The van der Waals surface area contributed by atoms with Crippen molar-refractivity contribution in [1.82, 2.24) is 0 Å². The molecule has 0 aliphatic rings. The highest BCUT2D eigenvalue weighted by Gasteiger charge is 2.19. The Kier molecular flexibility index (Phi) is 6.23. The van der Waals surface area contributed by atoms with E-state index in [1.54, 1.807) is 12.1 Å². The lowest BCUT2D eigenvalue weighted by atomic mass is 10.0. The quantitative estimate of drug-likeness (QED) is 0.581. The van der Waals surface area contributed by atoms with Crippen LogP contribution in [0.4, 0.5) is 10.5 Å². The van der Waals surface area contributed by atoms with Crippen LogP contribution in [0.5, 0.6) is 5.75 Å². The molecule has 24 heavy (non-hydrogen) atoms. The number of rotatable bonds is 5. The Labute approximate surface area is 149 Å². The smallest absolute Gasteiger partial charge is 0.438 e. The van der Waals surface area contributed by atoms with Gasteiger partial charge in [-0.25, -0.2) is 4.79 Å². The van der Waals surface area contributed by atoms with Gasteiger partial charge in [-0.1, -0.05) is 25.1 Å². The Morgan fingerprint density at radius 3 is 2.67 bits per heavy atom. The number of carbonyl (C=O) groups excluding carboxylic acids is 1. The lowest BCUT2D eigenvalue weighted by Crippen LogP contribution is -2.28. The zero-order valence-electron chi connectivity index (χ0n) is 13.9. The summed E-state index contributed by atoms with van der Waals surface area (Å²) in [4.78, 5) is 11.6. The van der Waals surface area contributed by atoms with E-state index in [9.17, 15) is 10.0 Å². The van der Waals surface area contributed by atoms with Crippen molar-refractivity contribution in [2.75, 3.05) is 12.2 Å². The van der Waals surface area contributed by atoms with Crippen LogP contribution in [0.1, 0.15) is 23.6 Å². The van der Waals surface area contributed by atoms with Crippen molar-refractivity contribution in [3.63, 3.8) is 0 Å². The number of halogens is 1. The predicted molar refractivity (Wildman–Crippen MR) is 95.7 cm³/mol. The van der Waals surface area contributed by atoms with Gasteiger partial charge in [0.2, 0.25) is 0 Å². The first-order chi connectivity index (χ1) is 11.5. The normalized spacial score (nSPS) is 10.4. The summed E-state index contributed by atoms with van der Waals surface area (Å²) in [5, 5.41) is 10.6. The molecule has 0 fully saturated rings. The molecule has 128 valence electrons. The van der Waals surface area contributed by atoms with Gasteiger partial charge in [-0.05, 0) is 58.6 Å². The van der Waals surface area contributed by atoms with E-state index in [2.05, 4.69) is 20.7 Å². The average Bonchev–Trinajstić information content (AvgIpc) is 2.59. The Morgan fingerprint density at radius 2 is 2.04 bits per heavy atom. The van der Waals surface area contributed by atoms with Gasteiger partial charge in [0.05, 0.1) is 17.3 Å². The maximum Gasteiger partial charge on any atom is 0.438 e. The van der Waals surface area contributed by atoms with Crippen LogP contribution in [0.3, 0.4) is 0 Å². The third-order valence-electron chi connectivity index (χ3n) is 3.66. The topological polar surface area (TPSA) is 59.0 Å². The third-order valence-corrected chi connectivity index (χ3v) is 4.28. The van der Waals surface area contributed by atoms with Crippen LogP contribution in [0, 0.1) is 6.92 Å². The summed E-state index contributed by atoms with van der Waals surface area (Å²) in [5.74, 6) is 0.694. The molecule has 0 spiro atoms. The summed E-state index contributed by atoms with van der Waals surface area (Å²) in [5.41, 5.74) is 3.19. The molecule has 0 bridgehead atoms. The Hall–Kier alpha value is -2.05. The predicted octanol–water partition coefficient (Wildman–Crippen LogP) is 4.86. The van der Waals surface area contributed by atoms with Crippen LogP contribution in [0.2, 0.25) is 0 Å². The number of nitrogens with zero attached hydrogens (tertiary/aromatic N) is 1. The van der Waals surface area contributed by atoms with Gasteiger partial charge >= 0.3 is 6.09 Å². The van der Waals surface area contributed by atoms with Gasteiger partial charge in [-0.3, -0.25) is 5.21 Å². The van der Waals surface area contributed by atoms with Crippen LogP contribution in [-0.4, -0.2) is 18.4 Å². The largest absolute Gasteiger partial charge is 0.488 e. The number of hydrogen-bond acceptors (Lipinski definition) is 4. The van der Waals surface area contributed by atoms with Crippen molar-refractivity contribution in [2.24, 2.45) is 0 Å². The van der Waals surface area contributed by atoms with Crippen molar-refractivity contribution in [3.8, 4) is 5.75 Å². The molecule has 0 saturated heterocycles. The summed E-state index contributed by atoms with van der Waals surface area (Å²) in [6.45, 7) is 4.22. The highest BCUT2D eigenvalue weighted by Crippen LogP contribution is 2.30. The first-order valence-corrected chi connectivity index (χ1v) is 8.33. The lowest BCUT2D eigenvalue weighted by Gasteiger charge is -2.20. The molecule has 2 aromatic rings. The van der Waals surface area contributed by atoms with Gasteiger partial charge in [-0.2, -0.15) is 5.06 Å². The number of hydrogen-bond donors (Lipinski definition) is 1. The molecule has 1 N–H and O–H groups in total. The first-order valence-electron chi connectivity index (χ1n) is 7.54. The molecule has 0 aliphatic carbocycles. The van der Waals surface area contributed by atoms with Crippen LogP contribution >= 0.6 is 15.9 Å². The highest BCUT2D eigenvalue weighted by molar-refractivity contribution is 9.10. The van der Waals surface area contributed by atoms with E-state index in [4.69, 9.17) is 4.74 Å². The Balaban J connectivity index is 2.32. The standard InChI is InChI=1S/C18H20BrNO4/c1-4-13-6-5-7-16(20(22)18(21)23-3)14(13)11-24-17-9-8-12(2)10-15(17)19/h5-10,22H,4,11H2,1-3H3. The van der Waals surface area contributed by atoms with Crippen LogP contribution < -0.4 is 9.80 Å². The Bertz CT molecular complexity index is 733. The summed E-state index contributed by atoms with van der Waals surface area (Å²) in [7, 11) is 1.22. The summed E-state index contributed by atoms with van der Waals surface area (Å²) >= 11 is 3.48. The fourth-order valence-electron chi connectivity index (χ4n) is 2.38. The van der Waals surface area contributed by atoms with Gasteiger partial charge in [0.1, 0.15) is 12.4 Å². The van der Waals surface area contributed by atoms with E-state index >= 15 is 0 Å². The second-order valence-electron chi connectivity index (χ2n) is 5.27. The maximum absolute atomic E-state index is 11.6. The number of hydroxylamine groups is 1. The Morgan fingerprint density at radius 1 is 1.29 bits per heavy atom. The van der Waals surface area contributed by atoms with E-state index in [1.165, 1.54) is 7.11 Å². The molecule has 0 aromatic heterocycles. The molecule has 0 saturated carbocycles. The van der Waals surface area contributed by atoms with Crippen molar-refractivity contribution in [2.45, 2.75) is 26.9 Å². The number of aryl methyl sites for hydroxylation is 2. The number of methoxy groups -OCH3 is 1. The van der Waals surface area contributed by atoms with E-state index < -0.39 is 6.09 Å². The molecular formula is C18H20BrNO4. The number of benzene rings is 2. The van der Waals surface area contributed by atoms with E-state index in [-0.39, 0.29) is 6.61 Å². The molecule has 0 aliphatic heterocycles. The summed E-state index contributed by atoms with van der Waals surface area (Å²) in [6, 6.07) is 11.2. The van der Waals surface area contributed by atoms with E-state index in [0.29, 0.717) is 16.5 Å². The summed E-state index contributed by atoms with van der Waals surface area (Å²) in [6.07, 6.45) is -0.0996. The first kappa shape index (κ1) is 18.3. The van der Waals surface area contributed by atoms with Gasteiger partial charge in [0.15, 0.2) is 0 Å². The number of ether oxygens (including phenoxy) is 2. The highest BCUT2D eigenvalue weighted by atomic mass is 79.9. The average molecular weight is 394 g/mol. The summed E-state index contributed by atoms with van der Waals surface area (Å²) < 4.78 is 11.3. The van der Waals surface area contributed by atoms with Gasteiger partial charge in [0, 0.05) is 5.56 Å². The van der Waals surface area contributed by atoms with Crippen LogP contribution in [0.15, 0.2) is 40.9 Å². The molecular weight excluding hydrogens is 374 g/mol. The van der Waals surface area contributed by atoms with Gasteiger partial charge in [0.25, 0.3) is 0 Å². The number of anilines is 1. The zero-order chi connectivity index (χ0) is 17.7. The third kappa shape index (κ3) is 4.07. The molecule has 2 aromatic carbocycles. The molecule has 0 atom stereocenters. The van der Waals surface area contributed by atoms with Crippen LogP contribution in [0.25, 0.3) is 0 Å². The van der Waals surface area contributed by atoms with Crippen molar-refractivity contribution < 1.29 is 19.5 Å². The SMILES string of the molecule is CCc1cccc(N(O)C(=O)OC)c1COc1ccc(C)cc1Br. The lowest BCUT2D eigenvalue weighted by molar-refractivity contribution is 0.140. The fraction of sp³-hybridized carbons (Fsp3) is 0.278. The minimum absolute atomic E-state index is 0.217. The number of amides is 1. The molecule has 6 heteroatoms. The fourth-order valence-corrected chi connectivity index (χ4v) is 2.98. The van der Waals surface area contributed by atoms with E-state index in [0.717, 1.165) is 27.6 Å². The monoisotopic (exact) mass is 393 g/mol. The van der Waals surface area contributed by atoms with Crippen molar-refractivity contribution in [1.29, 1.82) is 0 Å². The van der Waals surface area contributed by atoms with Gasteiger partial charge < -0.3 is 9.47 Å². The minimum atomic E-state index is -0.846. The zero-order valence-corrected chi connectivity index (χ0v) is 15.5. The van der Waals surface area contributed by atoms with Gasteiger partial charge in [-0.15, -0.1) is 0 Å². The van der Waals surface area contributed by atoms with Crippen molar-refractivity contribution in [3.05, 3.63) is 57.6 Å². The molecule has 0 heterocycles. The van der Waals surface area contributed by atoms with Crippen molar-refractivity contribution >= 4 is 27.7 Å². The molecule has 0 radical (unpaired) electrons.